The van der Waals surface area contributed by atoms with Gasteiger partial charge >= 0.3 is 6.18 Å². The largest absolute Gasteiger partial charge is 0.506 e. The van der Waals surface area contributed by atoms with Gasteiger partial charge in [0.25, 0.3) is 0 Å². The topological polar surface area (TPSA) is 74.0 Å². The lowest BCUT2D eigenvalue weighted by atomic mass is 9.96. The molecule has 0 spiro atoms. The van der Waals surface area contributed by atoms with Gasteiger partial charge in [0.2, 0.25) is 0 Å². The number of aliphatic hydroxyl groups is 1. The van der Waals surface area contributed by atoms with Crippen molar-refractivity contribution in [3.8, 4) is 6.07 Å². The van der Waals surface area contributed by atoms with Crippen LogP contribution in [0.1, 0.15) is 32.1 Å². The molecule has 1 N–H and O–H groups in total. The molecule has 0 aliphatic rings. The number of carbonyl (C=O) groups is 1. The van der Waals surface area contributed by atoms with Crippen LogP contribution in [0.5, 0.6) is 0 Å². The van der Waals surface area contributed by atoms with Crippen LogP contribution in [-0.2, 0) is 6.18 Å². The predicted molar refractivity (Wildman–Crippen MR) is 121 cm³/mol. The average molecular weight is 485 g/mol. The van der Waals surface area contributed by atoms with Gasteiger partial charge in [-0.1, -0.05) is 35.9 Å². The highest BCUT2D eigenvalue weighted by molar-refractivity contribution is 7.19. The summed E-state index contributed by atoms with van der Waals surface area (Å²) < 4.78 is 39.5. The lowest BCUT2D eigenvalue weighted by Crippen LogP contribution is -2.06. The average Bonchev–Trinajstić information content (AvgIpc) is 3.22. The van der Waals surface area contributed by atoms with Crippen LogP contribution in [0.25, 0.3) is 21.5 Å². The van der Waals surface area contributed by atoms with Crippen molar-refractivity contribution in [3.05, 3.63) is 99.0 Å². The van der Waals surface area contributed by atoms with Gasteiger partial charge in [-0.2, -0.15) is 18.4 Å². The second-order valence-electron chi connectivity index (χ2n) is 6.92. The number of carbonyl (C=O) groups excluding carboxylic acids is 1. The van der Waals surface area contributed by atoms with Crippen molar-refractivity contribution in [3.63, 3.8) is 0 Å². The number of ketones is 1. The van der Waals surface area contributed by atoms with E-state index in [1.165, 1.54) is 18.2 Å². The Kier molecular flexibility index (Phi) is 5.93. The zero-order valence-corrected chi connectivity index (χ0v) is 18.1. The Hall–Kier alpha value is -3.67. The van der Waals surface area contributed by atoms with Gasteiger partial charge in [0.15, 0.2) is 5.78 Å². The molecule has 0 unspecified atom stereocenters. The molecule has 0 radical (unpaired) electrons. The van der Waals surface area contributed by atoms with Gasteiger partial charge in [-0.25, -0.2) is 4.98 Å². The molecule has 0 saturated heterocycles. The van der Waals surface area contributed by atoms with E-state index in [1.54, 1.807) is 36.4 Å². The number of aliphatic hydroxyl groups excluding tert-OH is 1. The maximum absolute atomic E-state index is 13.0. The molecule has 4 nitrogen and oxygen atoms in total. The van der Waals surface area contributed by atoms with Crippen molar-refractivity contribution >= 4 is 50.3 Å². The third-order valence-electron chi connectivity index (χ3n) is 4.81. The van der Waals surface area contributed by atoms with Crippen LogP contribution in [0.15, 0.2) is 66.7 Å². The zero-order chi connectivity index (χ0) is 23.8. The van der Waals surface area contributed by atoms with Gasteiger partial charge in [0.05, 0.1) is 15.8 Å². The molecule has 0 amide bonds. The molecule has 164 valence electrons. The number of hydrogen-bond donors (Lipinski definition) is 1. The molecule has 0 aliphatic carbocycles. The van der Waals surface area contributed by atoms with E-state index in [4.69, 9.17) is 11.6 Å². The van der Waals surface area contributed by atoms with Gasteiger partial charge in [-0.05, 0) is 42.5 Å². The summed E-state index contributed by atoms with van der Waals surface area (Å²) in [6.07, 6.45) is -4.53. The van der Waals surface area contributed by atoms with Crippen molar-refractivity contribution in [1.82, 2.24) is 4.98 Å². The van der Waals surface area contributed by atoms with Crippen molar-refractivity contribution in [2.45, 2.75) is 6.18 Å². The van der Waals surface area contributed by atoms with E-state index in [0.29, 0.717) is 15.3 Å². The fraction of sp³-hybridized carbons (Fsp3) is 0.0417. The standard InChI is InChI=1S/C24H12ClF3N2O2S/c25-15-8-5-13(6-9-15)21(31)16-3-1-2-4-17(16)22(32)18(12-29)23-30-19-11-14(24(26,27)28)7-10-20(19)33-23/h1-11,32H. The normalized spacial score (nSPS) is 12.3. The summed E-state index contributed by atoms with van der Waals surface area (Å²) in [6, 6.07) is 17.3. The smallest absolute Gasteiger partial charge is 0.416 e. The number of halogens is 4. The highest BCUT2D eigenvalue weighted by atomic mass is 35.5. The maximum atomic E-state index is 13.0. The Morgan fingerprint density at radius 2 is 1.70 bits per heavy atom. The Balaban J connectivity index is 1.82. The quantitative estimate of drug-likeness (QED) is 0.189. The van der Waals surface area contributed by atoms with Crippen LogP contribution >= 0.6 is 22.9 Å². The fourth-order valence-electron chi connectivity index (χ4n) is 3.19. The summed E-state index contributed by atoms with van der Waals surface area (Å²) in [6.45, 7) is 0. The summed E-state index contributed by atoms with van der Waals surface area (Å²) in [5.41, 5.74) is -0.484. The molecule has 0 atom stereocenters. The van der Waals surface area contributed by atoms with Gasteiger partial charge in [0, 0.05) is 21.7 Å². The van der Waals surface area contributed by atoms with E-state index in [9.17, 15) is 28.3 Å². The molecule has 0 aliphatic heterocycles. The number of rotatable bonds is 4. The van der Waals surface area contributed by atoms with Crippen LogP contribution < -0.4 is 0 Å². The minimum absolute atomic E-state index is 0.0399. The molecule has 1 heterocycles. The number of allylic oxidation sites excluding steroid dienone is 1. The highest BCUT2D eigenvalue weighted by Gasteiger charge is 2.31. The number of aromatic nitrogens is 1. The van der Waals surface area contributed by atoms with E-state index in [0.717, 1.165) is 23.5 Å². The molecule has 0 fully saturated rings. The lowest BCUT2D eigenvalue weighted by Gasteiger charge is -2.09. The summed E-state index contributed by atoms with van der Waals surface area (Å²) >= 11 is 6.84. The van der Waals surface area contributed by atoms with Crippen LogP contribution in [0.2, 0.25) is 5.02 Å². The third-order valence-corrected chi connectivity index (χ3v) is 6.12. The molecule has 4 rings (SSSR count). The SMILES string of the molecule is N#CC(=C(O)c1ccccc1C(=O)c1ccc(Cl)cc1)c1nc2cc(C(F)(F)F)ccc2s1. The summed E-state index contributed by atoms with van der Waals surface area (Å²) in [7, 11) is 0. The number of nitriles is 1. The zero-order valence-electron chi connectivity index (χ0n) is 16.5. The molecule has 0 bridgehead atoms. The van der Waals surface area contributed by atoms with Crippen LogP contribution in [0.4, 0.5) is 13.2 Å². The molecule has 0 saturated carbocycles. The Labute approximate surface area is 194 Å². The molecule has 9 heteroatoms. The van der Waals surface area contributed by atoms with E-state index < -0.39 is 23.3 Å². The Morgan fingerprint density at radius 3 is 2.33 bits per heavy atom. The first-order valence-electron chi connectivity index (χ1n) is 9.40. The second kappa shape index (κ2) is 8.70. The van der Waals surface area contributed by atoms with Gasteiger partial charge in [-0.3, -0.25) is 4.79 Å². The van der Waals surface area contributed by atoms with E-state index in [2.05, 4.69) is 4.98 Å². The Bertz CT molecular complexity index is 1450. The summed E-state index contributed by atoms with van der Waals surface area (Å²) in [5, 5.41) is 21.1. The molecule has 1 aromatic heterocycles. The molecular formula is C24H12ClF3N2O2S. The van der Waals surface area contributed by atoms with E-state index in [-0.39, 0.29) is 27.2 Å². The fourth-order valence-corrected chi connectivity index (χ4v) is 4.26. The number of fused-ring (bicyclic) bond motifs is 1. The first kappa shape index (κ1) is 22.5. The first-order valence-corrected chi connectivity index (χ1v) is 10.6. The lowest BCUT2D eigenvalue weighted by molar-refractivity contribution is -0.137. The van der Waals surface area contributed by atoms with E-state index >= 15 is 0 Å². The van der Waals surface area contributed by atoms with Gasteiger partial charge in [0.1, 0.15) is 22.4 Å². The maximum Gasteiger partial charge on any atom is 0.416 e. The van der Waals surface area contributed by atoms with Gasteiger partial charge in [-0.15, -0.1) is 11.3 Å². The minimum atomic E-state index is -4.53. The molecule has 3 aromatic carbocycles. The number of thiazole rings is 1. The van der Waals surface area contributed by atoms with Crippen LogP contribution in [0.3, 0.4) is 0 Å². The molecule has 33 heavy (non-hydrogen) atoms. The number of hydrogen-bond acceptors (Lipinski definition) is 5. The number of alkyl halides is 3. The van der Waals surface area contributed by atoms with Crippen LogP contribution in [0, 0.1) is 11.3 Å². The second-order valence-corrected chi connectivity index (χ2v) is 8.38. The monoisotopic (exact) mass is 484 g/mol. The summed E-state index contributed by atoms with van der Waals surface area (Å²) in [5.74, 6) is -0.893. The van der Waals surface area contributed by atoms with Crippen molar-refractivity contribution in [2.24, 2.45) is 0 Å². The third kappa shape index (κ3) is 4.46. The van der Waals surface area contributed by atoms with E-state index in [1.807, 2.05) is 6.07 Å². The first-order chi connectivity index (χ1) is 15.7. The molecule has 4 aromatic rings. The number of nitrogens with zero attached hydrogens (tertiary/aromatic N) is 2. The van der Waals surface area contributed by atoms with Crippen molar-refractivity contribution in [2.75, 3.05) is 0 Å². The van der Waals surface area contributed by atoms with Crippen LogP contribution in [-0.4, -0.2) is 15.9 Å². The minimum Gasteiger partial charge on any atom is -0.506 e. The summed E-state index contributed by atoms with van der Waals surface area (Å²) in [4.78, 5) is 17.1. The number of benzene rings is 3. The molecular weight excluding hydrogens is 473 g/mol. The highest BCUT2D eigenvalue weighted by Crippen LogP contribution is 2.36. The Morgan fingerprint density at radius 1 is 1.03 bits per heavy atom. The van der Waals surface area contributed by atoms with Crippen molar-refractivity contribution in [1.29, 1.82) is 5.26 Å². The van der Waals surface area contributed by atoms with Crippen molar-refractivity contribution < 1.29 is 23.1 Å². The van der Waals surface area contributed by atoms with Gasteiger partial charge < -0.3 is 5.11 Å². The predicted octanol–water partition coefficient (Wildman–Crippen LogP) is 7.15.